The lowest BCUT2D eigenvalue weighted by molar-refractivity contribution is 0.0526. The standard InChI is InChI=1S/C19H18BrN3O4/c1-4-27-18(25)11-6-5-7-12(8-11)21-17(24)13-9-15-16(10-14(13)20)23(3)19(26)22(15)2/h5-10H,4H2,1-3H3,(H,21,24). The maximum atomic E-state index is 12.7. The van der Waals surface area contributed by atoms with E-state index in [2.05, 4.69) is 21.2 Å². The quantitative estimate of drug-likeness (QED) is 0.643. The molecule has 27 heavy (non-hydrogen) atoms. The Hall–Kier alpha value is -2.87. The summed E-state index contributed by atoms with van der Waals surface area (Å²) in [6, 6.07) is 9.92. The van der Waals surface area contributed by atoms with Gasteiger partial charge in [0.05, 0.1) is 28.8 Å². The minimum atomic E-state index is -0.449. The Bertz CT molecular complexity index is 1110. The first-order chi connectivity index (χ1) is 12.8. The maximum absolute atomic E-state index is 12.7. The summed E-state index contributed by atoms with van der Waals surface area (Å²) in [7, 11) is 3.33. The molecule has 0 spiro atoms. The number of benzene rings is 2. The van der Waals surface area contributed by atoms with Crippen molar-refractivity contribution in [2.75, 3.05) is 11.9 Å². The molecule has 0 atom stereocenters. The Morgan fingerprint density at radius 2 is 1.78 bits per heavy atom. The van der Waals surface area contributed by atoms with Crippen LogP contribution in [-0.2, 0) is 18.8 Å². The molecule has 1 heterocycles. The van der Waals surface area contributed by atoms with Gasteiger partial charge in [-0.15, -0.1) is 0 Å². The summed E-state index contributed by atoms with van der Waals surface area (Å²) in [6.07, 6.45) is 0. The van der Waals surface area contributed by atoms with E-state index in [1.54, 1.807) is 57.4 Å². The molecule has 0 bridgehead atoms. The number of aryl methyl sites for hydroxylation is 2. The van der Waals surface area contributed by atoms with Gasteiger partial charge in [0.2, 0.25) is 0 Å². The summed E-state index contributed by atoms with van der Waals surface area (Å²) in [6.45, 7) is 2.01. The van der Waals surface area contributed by atoms with Crippen LogP contribution in [0.4, 0.5) is 5.69 Å². The molecule has 1 N–H and O–H groups in total. The maximum Gasteiger partial charge on any atom is 0.338 e. The summed E-state index contributed by atoms with van der Waals surface area (Å²) < 4.78 is 8.54. The fourth-order valence-corrected chi connectivity index (χ4v) is 3.34. The molecule has 8 heteroatoms. The van der Waals surface area contributed by atoms with Gasteiger partial charge in [-0.25, -0.2) is 9.59 Å². The number of ether oxygens (including phenoxy) is 1. The van der Waals surface area contributed by atoms with E-state index in [0.29, 0.717) is 26.8 Å². The SMILES string of the molecule is CCOC(=O)c1cccc(NC(=O)c2cc3c(cc2Br)n(C)c(=O)n3C)c1. The van der Waals surface area contributed by atoms with E-state index in [1.165, 1.54) is 9.13 Å². The summed E-state index contributed by atoms with van der Waals surface area (Å²) in [5.41, 5.74) is 2.40. The first-order valence-corrected chi connectivity index (χ1v) is 9.06. The number of carbonyl (C=O) groups is 2. The second kappa shape index (κ2) is 7.40. The van der Waals surface area contributed by atoms with Gasteiger partial charge >= 0.3 is 11.7 Å². The predicted octanol–water partition coefficient (Wildman–Crippen LogP) is 3.07. The number of halogens is 1. The topological polar surface area (TPSA) is 82.3 Å². The van der Waals surface area contributed by atoms with Crippen molar-refractivity contribution in [3.05, 3.63) is 62.5 Å². The van der Waals surface area contributed by atoms with Gasteiger partial charge in [-0.05, 0) is 53.2 Å². The molecule has 1 aromatic heterocycles. The molecule has 0 saturated heterocycles. The van der Waals surface area contributed by atoms with Gasteiger partial charge in [-0.1, -0.05) is 6.07 Å². The average molecular weight is 432 g/mol. The monoisotopic (exact) mass is 431 g/mol. The lowest BCUT2D eigenvalue weighted by Gasteiger charge is -2.09. The van der Waals surface area contributed by atoms with Crippen molar-refractivity contribution in [1.29, 1.82) is 0 Å². The number of hydrogen-bond acceptors (Lipinski definition) is 4. The zero-order valence-corrected chi connectivity index (χ0v) is 16.7. The Kier molecular flexibility index (Phi) is 5.18. The van der Waals surface area contributed by atoms with E-state index >= 15 is 0 Å². The first kappa shape index (κ1) is 18.9. The smallest absolute Gasteiger partial charge is 0.338 e. The molecule has 0 aliphatic heterocycles. The molecule has 0 radical (unpaired) electrons. The number of rotatable bonds is 4. The number of carbonyl (C=O) groups excluding carboxylic acids is 2. The fourth-order valence-electron chi connectivity index (χ4n) is 2.83. The lowest BCUT2D eigenvalue weighted by atomic mass is 10.1. The van der Waals surface area contributed by atoms with Gasteiger partial charge < -0.3 is 10.1 Å². The highest BCUT2D eigenvalue weighted by Crippen LogP contribution is 2.25. The van der Waals surface area contributed by atoms with Crippen LogP contribution >= 0.6 is 15.9 Å². The van der Waals surface area contributed by atoms with E-state index in [1.807, 2.05) is 0 Å². The van der Waals surface area contributed by atoms with E-state index in [4.69, 9.17) is 4.74 Å². The van der Waals surface area contributed by atoms with Gasteiger partial charge in [-0.3, -0.25) is 13.9 Å². The number of anilines is 1. The fraction of sp³-hybridized carbons (Fsp3) is 0.211. The van der Waals surface area contributed by atoms with Crippen molar-refractivity contribution in [1.82, 2.24) is 9.13 Å². The number of nitrogens with one attached hydrogen (secondary N) is 1. The lowest BCUT2D eigenvalue weighted by Crippen LogP contribution is -2.19. The number of fused-ring (bicyclic) bond motifs is 1. The van der Waals surface area contributed by atoms with Crippen LogP contribution < -0.4 is 11.0 Å². The van der Waals surface area contributed by atoms with Gasteiger partial charge in [-0.2, -0.15) is 0 Å². The van der Waals surface area contributed by atoms with Crippen molar-refractivity contribution >= 4 is 44.5 Å². The van der Waals surface area contributed by atoms with Crippen molar-refractivity contribution in [3.8, 4) is 0 Å². The molecule has 3 aromatic rings. The highest BCUT2D eigenvalue weighted by molar-refractivity contribution is 9.10. The summed E-state index contributed by atoms with van der Waals surface area (Å²) in [5.74, 6) is -0.809. The van der Waals surface area contributed by atoms with Crippen molar-refractivity contribution in [2.45, 2.75) is 6.92 Å². The third-order valence-electron chi connectivity index (χ3n) is 4.24. The third kappa shape index (κ3) is 3.52. The van der Waals surface area contributed by atoms with Crippen LogP contribution in [0.1, 0.15) is 27.6 Å². The predicted molar refractivity (Wildman–Crippen MR) is 106 cm³/mol. The zero-order valence-electron chi connectivity index (χ0n) is 15.1. The van der Waals surface area contributed by atoms with Crippen LogP contribution in [0.5, 0.6) is 0 Å². The van der Waals surface area contributed by atoms with E-state index in [0.717, 1.165) is 5.52 Å². The molecule has 1 amide bonds. The largest absolute Gasteiger partial charge is 0.462 e. The molecule has 2 aromatic carbocycles. The van der Waals surface area contributed by atoms with Crippen molar-refractivity contribution < 1.29 is 14.3 Å². The normalized spacial score (nSPS) is 10.8. The molecule has 0 fully saturated rings. The second-order valence-electron chi connectivity index (χ2n) is 5.98. The van der Waals surface area contributed by atoms with E-state index in [-0.39, 0.29) is 18.2 Å². The Labute approximate surface area is 163 Å². The van der Waals surface area contributed by atoms with Gasteiger partial charge in [0, 0.05) is 24.3 Å². The summed E-state index contributed by atoms with van der Waals surface area (Å²) >= 11 is 3.40. The number of aromatic nitrogens is 2. The van der Waals surface area contributed by atoms with Crippen LogP contribution in [-0.4, -0.2) is 27.6 Å². The molecule has 140 valence electrons. The Morgan fingerprint density at radius 1 is 1.11 bits per heavy atom. The molecule has 0 aliphatic rings. The second-order valence-corrected chi connectivity index (χ2v) is 6.83. The van der Waals surface area contributed by atoms with Crippen LogP contribution in [0.3, 0.4) is 0 Å². The third-order valence-corrected chi connectivity index (χ3v) is 4.89. The van der Waals surface area contributed by atoms with Crippen molar-refractivity contribution in [2.24, 2.45) is 14.1 Å². The van der Waals surface area contributed by atoms with Crippen molar-refractivity contribution in [3.63, 3.8) is 0 Å². The van der Waals surface area contributed by atoms with Crippen LogP contribution in [0.15, 0.2) is 45.7 Å². The van der Waals surface area contributed by atoms with E-state index < -0.39 is 5.97 Å². The molecule has 0 aliphatic carbocycles. The minimum Gasteiger partial charge on any atom is -0.462 e. The number of nitrogens with zero attached hydrogens (tertiary/aromatic N) is 2. The Balaban J connectivity index is 1.94. The molecular weight excluding hydrogens is 414 g/mol. The number of hydrogen-bond donors (Lipinski definition) is 1. The highest BCUT2D eigenvalue weighted by Gasteiger charge is 2.17. The average Bonchev–Trinajstić information content (AvgIpc) is 2.85. The Morgan fingerprint density at radius 3 is 2.44 bits per heavy atom. The number of esters is 1. The van der Waals surface area contributed by atoms with Crippen LogP contribution in [0.2, 0.25) is 0 Å². The van der Waals surface area contributed by atoms with Crippen LogP contribution in [0.25, 0.3) is 11.0 Å². The van der Waals surface area contributed by atoms with Crippen LogP contribution in [0, 0.1) is 0 Å². The molecular formula is C19H18BrN3O4. The molecule has 0 unspecified atom stereocenters. The molecule has 7 nitrogen and oxygen atoms in total. The van der Waals surface area contributed by atoms with Gasteiger partial charge in [0.1, 0.15) is 0 Å². The first-order valence-electron chi connectivity index (χ1n) is 8.27. The molecule has 0 saturated carbocycles. The summed E-state index contributed by atoms with van der Waals surface area (Å²) in [5, 5.41) is 2.77. The van der Waals surface area contributed by atoms with E-state index in [9.17, 15) is 14.4 Å². The van der Waals surface area contributed by atoms with Gasteiger partial charge in [0.15, 0.2) is 0 Å². The summed E-state index contributed by atoms with van der Waals surface area (Å²) in [4.78, 5) is 36.7. The van der Waals surface area contributed by atoms with Gasteiger partial charge in [0.25, 0.3) is 5.91 Å². The zero-order chi connectivity index (χ0) is 19.7. The highest BCUT2D eigenvalue weighted by atomic mass is 79.9. The number of amides is 1. The minimum absolute atomic E-state index is 0.170. The number of imidazole rings is 1. The molecule has 3 rings (SSSR count).